The van der Waals surface area contributed by atoms with E-state index in [1.54, 1.807) is 46.9 Å². The molecule has 0 fully saturated rings. The van der Waals surface area contributed by atoms with Gasteiger partial charge in [0.1, 0.15) is 15.7 Å². The molecular formula is C21H17N5O2S3. The molecule has 3 aromatic heterocycles. The van der Waals surface area contributed by atoms with Gasteiger partial charge in [-0.15, -0.1) is 32.9 Å². The topological polar surface area (TPSA) is 111 Å². The molecule has 1 aromatic carbocycles. The average molecular weight is 468 g/mol. The van der Waals surface area contributed by atoms with E-state index in [1.165, 1.54) is 11.8 Å². The summed E-state index contributed by atoms with van der Waals surface area (Å²) in [6.45, 7) is 1.97. The number of nitrogens with one attached hydrogen (secondary N) is 1. The molecular weight excluding hydrogens is 450 g/mol. The molecule has 7 nitrogen and oxygen atoms in total. The second-order valence-electron chi connectivity index (χ2n) is 6.45. The molecule has 156 valence electrons. The molecule has 0 saturated carbocycles. The summed E-state index contributed by atoms with van der Waals surface area (Å²) in [6.07, 6.45) is 0. The van der Waals surface area contributed by atoms with Crippen molar-refractivity contribution >= 4 is 51.9 Å². The van der Waals surface area contributed by atoms with Gasteiger partial charge in [0.25, 0.3) is 0 Å². The van der Waals surface area contributed by atoms with Crippen molar-refractivity contribution in [2.24, 2.45) is 5.73 Å². The van der Waals surface area contributed by atoms with Crippen LogP contribution < -0.4 is 11.1 Å². The van der Waals surface area contributed by atoms with Crippen LogP contribution >= 0.6 is 34.4 Å². The normalized spacial score (nSPS) is 10.7. The monoisotopic (exact) mass is 467 g/mol. The summed E-state index contributed by atoms with van der Waals surface area (Å²) in [5, 5.41) is 15.0. The van der Waals surface area contributed by atoms with Crippen molar-refractivity contribution in [3.63, 3.8) is 0 Å². The number of nitrogens with zero attached hydrogens (tertiary/aromatic N) is 3. The summed E-state index contributed by atoms with van der Waals surface area (Å²) in [6, 6.07) is 14.2. The molecule has 2 amide bonds. The summed E-state index contributed by atoms with van der Waals surface area (Å²) < 4.78 is 0. The van der Waals surface area contributed by atoms with Crippen LogP contribution in [0.4, 0.5) is 5.69 Å². The Balaban J connectivity index is 1.35. The van der Waals surface area contributed by atoms with Crippen molar-refractivity contribution in [1.29, 1.82) is 0 Å². The third-order valence-electron chi connectivity index (χ3n) is 4.21. The lowest BCUT2D eigenvalue weighted by Crippen LogP contribution is -2.15. The maximum atomic E-state index is 12.2. The van der Waals surface area contributed by atoms with E-state index in [0.717, 1.165) is 26.1 Å². The first-order valence-electron chi connectivity index (χ1n) is 9.17. The SMILES string of the molecule is Cc1nc(-c2cccs2)sc1-c1ccc(SCC(=O)Nc2ccc(C(N)=O)cc2)nn1. The van der Waals surface area contributed by atoms with Crippen LogP contribution in [-0.2, 0) is 4.79 Å². The fraction of sp³-hybridized carbons (Fsp3) is 0.0952. The summed E-state index contributed by atoms with van der Waals surface area (Å²) in [7, 11) is 0. The second-order valence-corrected chi connectivity index (χ2v) is 9.39. The lowest BCUT2D eigenvalue weighted by Gasteiger charge is -2.05. The predicted molar refractivity (Wildman–Crippen MR) is 126 cm³/mol. The number of anilines is 1. The zero-order chi connectivity index (χ0) is 21.8. The highest BCUT2D eigenvalue weighted by molar-refractivity contribution is 7.99. The van der Waals surface area contributed by atoms with E-state index < -0.39 is 5.91 Å². The molecule has 0 bridgehead atoms. The fourth-order valence-electron chi connectivity index (χ4n) is 2.71. The number of hydrogen-bond donors (Lipinski definition) is 2. The Morgan fingerprint density at radius 3 is 2.55 bits per heavy atom. The molecule has 0 saturated heterocycles. The standard InChI is InChI=1S/C21H17N5O2S3/c1-12-19(31-21(23-12)16-3-2-10-29-16)15-8-9-18(26-25-15)30-11-17(27)24-14-6-4-13(5-7-14)20(22)28/h2-10H,11H2,1H3,(H2,22,28)(H,24,27). The van der Waals surface area contributed by atoms with Crippen molar-refractivity contribution in [1.82, 2.24) is 15.2 Å². The van der Waals surface area contributed by atoms with Gasteiger partial charge in [-0.2, -0.15) is 0 Å². The first-order valence-corrected chi connectivity index (χ1v) is 11.9. The molecule has 4 rings (SSSR count). The van der Waals surface area contributed by atoms with Crippen molar-refractivity contribution < 1.29 is 9.59 Å². The number of thioether (sulfide) groups is 1. The molecule has 3 heterocycles. The van der Waals surface area contributed by atoms with Gasteiger partial charge in [0, 0.05) is 11.3 Å². The van der Waals surface area contributed by atoms with Crippen LogP contribution in [0, 0.1) is 6.92 Å². The molecule has 10 heteroatoms. The van der Waals surface area contributed by atoms with Crippen molar-refractivity contribution in [3.8, 4) is 20.5 Å². The Labute approximate surface area is 190 Å². The van der Waals surface area contributed by atoms with Crippen LogP contribution in [0.3, 0.4) is 0 Å². The number of primary amides is 1. The molecule has 0 aliphatic rings. The Morgan fingerprint density at radius 1 is 1.10 bits per heavy atom. The number of benzene rings is 1. The Bertz CT molecular complexity index is 1200. The molecule has 4 aromatic rings. The number of rotatable bonds is 7. The Morgan fingerprint density at radius 2 is 1.90 bits per heavy atom. The summed E-state index contributed by atoms with van der Waals surface area (Å²) >= 11 is 4.55. The van der Waals surface area contributed by atoms with Crippen molar-refractivity contribution in [3.05, 3.63) is 65.2 Å². The van der Waals surface area contributed by atoms with Crippen LogP contribution in [0.1, 0.15) is 16.1 Å². The second kappa shape index (κ2) is 9.38. The van der Waals surface area contributed by atoms with Crippen LogP contribution in [0.5, 0.6) is 0 Å². The van der Waals surface area contributed by atoms with Gasteiger partial charge in [-0.05, 0) is 54.8 Å². The minimum atomic E-state index is -0.508. The van der Waals surface area contributed by atoms with Gasteiger partial charge in [-0.1, -0.05) is 17.8 Å². The number of nitrogens with two attached hydrogens (primary N) is 1. The highest BCUT2D eigenvalue weighted by atomic mass is 32.2. The zero-order valence-electron chi connectivity index (χ0n) is 16.4. The number of aromatic nitrogens is 3. The van der Waals surface area contributed by atoms with E-state index >= 15 is 0 Å². The molecule has 3 N–H and O–H groups in total. The summed E-state index contributed by atoms with van der Waals surface area (Å²) in [5.74, 6) is -0.499. The van der Waals surface area contributed by atoms with E-state index in [2.05, 4.69) is 26.6 Å². The van der Waals surface area contributed by atoms with Crippen molar-refractivity contribution in [2.75, 3.05) is 11.1 Å². The quantitative estimate of drug-likeness (QED) is 0.388. The van der Waals surface area contributed by atoms with Crippen LogP contribution in [0.15, 0.2) is 58.9 Å². The molecule has 0 spiro atoms. The third-order valence-corrected chi connectivity index (χ3v) is 7.34. The average Bonchev–Trinajstić information content (AvgIpc) is 3.43. The van der Waals surface area contributed by atoms with E-state index in [1.807, 2.05) is 30.5 Å². The maximum absolute atomic E-state index is 12.2. The smallest absolute Gasteiger partial charge is 0.248 e. The lowest BCUT2D eigenvalue weighted by atomic mass is 10.2. The molecule has 0 atom stereocenters. The first-order chi connectivity index (χ1) is 15.0. The molecule has 0 radical (unpaired) electrons. The number of carbonyl (C=O) groups excluding carboxylic acids is 2. The highest BCUT2D eigenvalue weighted by Gasteiger charge is 2.14. The molecule has 0 aliphatic carbocycles. The zero-order valence-corrected chi connectivity index (χ0v) is 18.8. The fourth-order valence-corrected chi connectivity index (χ4v) is 5.15. The maximum Gasteiger partial charge on any atom is 0.248 e. The minimum Gasteiger partial charge on any atom is -0.366 e. The third kappa shape index (κ3) is 5.16. The van der Waals surface area contributed by atoms with Gasteiger partial charge in [-0.25, -0.2) is 4.98 Å². The van der Waals surface area contributed by atoms with E-state index in [0.29, 0.717) is 16.3 Å². The Kier molecular flexibility index (Phi) is 6.40. The van der Waals surface area contributed by atoms with E-state index in [-0.39, 0.29) is 11.7 Å². The summed E-state index contributed by atoms with van der Waals surface area (Å²) in [5.41, 5.74) is 7.88. The minimum absolute atomic E-state index is 0.179. The van der Waals surface area contributed by atoms with Gasteiger partial charge in [0.15, 0.2) is 0 Å². The van der Waals surface area contributed by atoms with Crippen LogP contribution in [0.2, 0.25) is 0 Å². The number of aryl methyl sites for hydroxylation is 1. The van der Waals surface area contributed by atoms with Crippen molar-refractivity contribution in [2.45, 2.75) is 11.9 Å². The Hall–Kier alpha value is -3.08. The lowest BCUT2D eigenvalue weighted by molar-refractivity contribution is -0.113. The number of hydrogen-bond acceptors (Lipinski definition) is 8. The predicted octanol–water partition coefficient (Wildman–Crippen LogP) is 4.47. The van der Waals surface area contributed by atoms with E-state index in [9.17, 15) is 9.59 Å². The molecule has 0 unspecified atom stereocenters. The van der Waals surface area contributed by atoms with Crippen LogP contribution in [0.25, 0.3) is 20.5 Å². The number of thiazole rings is 1. The number of amides is 2. The van der Waals surface area contributed by atoms with Gasteiger partial charge < -0.3 is 11.1 Å². The van der Waals surface area contributed by atoms with Gasteiger partial charge in [0.05, 0.1) is 21.2 Å². The highest BCUT2D eigenvalue weighted by Crippen LogP contribution is 2.36. The summed E-state index contributed by atoms with van der Waals surface area (Å²) in [4.78, 5) is 30.0. The molecule has 0 aliphatic heterocycles. The largest absolute Gasteiger partial charge is 0.366 e. The first kappa shape index (κ1) is 21.2. The number of thiophene rings is 1. The molecule has 31 heavy (non-hydrogen) atoms. The number of carbonyl (C=O) groups is 2. The van der Waals surface area contributed by atoms with Gasteiger partial charge in [0.2, 0.25) is 11.8 Å². The van der Waals surface area contributed by atoms with Gasteiger partial charge in [-0.3, -0.25) is 9.59 Å². The van der Waals surface area contributed by atoms with Crippen LogP contribution in [-0.4, -0.2) is 32.7 Å². The van der Waals surface area contributed by atoms with Gasteiger partial charge >= 0.3 is 0 Å². The van der Waals surface area contributed by atoms with E-state index in [4.69, 9.17) is 5.73 Å².